The molecule has 1 aromatic rings. The lowest BCUT2D eigenvalue weighted by molar-refractivity contribution is -0.0150. The maximum atomic E-state index is 12.2. The van der Waals surface area contributed by atoms with Crippen LogP contribution in [0.25, 0.3) is 0 Å². The second kappa shape index (κ2) is 9.93. The van der Waals surface area contributed by atoms with Gasteiger partial charge in [-0.2, -0.15) is 0 Å². The molecule has 2 heterocycles. The van der Waals surface area contributed by atoms with Crippen molar-refractivity contribution in [1.29, 1.82) is 0 Å². The normalized spacial score (nSPS) is 20.7. The smallest absolute Gasteiger partial charge is 0.410 e. The van der Waals surface area contributed by atoms with Gasteiger partial charge in [0.15, 0.2) is 0 Å². The largest absolute Gasteiger partial charge is 0.445 e. The van der Waals surface area contributed by atoms with Crippen LogP contribution >= 0.6 is 0 Å². The van der Waals surface area contributed by atoms with Crippen LogP contribution < -0.4 is 5.32 Å². The van der Waals surface area contributed by atoms with Crippen molar-refractivity contribution in [1.82, 2.24) is 10.2 Å². The molecule has 2 fully saturated rings. The van der Waals surface area contributed by atoms with Crippen LogP contribution in [-0.2, 0) is 16.1 Å². The lowest BCUT2D eigenvalue weighted by atomic mass is 9.92. The van der Waals surface area contributed by atoms with E-state index in [4.69, 9.17) is 9.47 Å². The zero-order chi connectivity index (χ0) is 18.2. The van der Waals surface area contributed by atoms with Crippen molar-refractivity contribution in [3.63, 3.8) is 0 Å². The molecule has 1 aromatic carbocycles. The molecular weight excluding hydrogens is 328 g/mol. The van der Waals surface area contributed by atoms with Crippen LogP contribution in [0, 0.1) is 11.8 Å². The summed E-state index contributed by atoms with van der Waals surface area (Å²) in [7, 11) is 0. The van der Waals surface area contributed by atoms with E-state index in [-0.39, 0.29) is 6.09 Å². The Morgan fingerprint density at radius 1 is 1.15 bits per heavy atom. The molecule has 1 atom stereocenters. The van der Waals surface area contributed by atoms with E-state index in [1.165, 1.54) is 12.8 Å². The van der Waals surface area contributed by atoms with E-state index in [2.05, 4.69) is 12.2 Å². The van der Waals surface area contributed by atoms with Crippen LogP contribution in [0.3, 0.4) is 0 Å². The van der Waals surface area contributed by atoms with Gasteiger partial charge in [-0.3, -0.25) is 0 Å². The first-order chi connectivity index (χ1) is 12.7. The topological polar surface area (TPSA) is 50.8 Å². The molecule has 1 unspecified atom stereocenters. The highest BCUT2D eigenvalue weighted by Gasteiger charge is 2.26. The van der Waals surface area contributed by atoms with Crippen molar-refractivity contribution in [3.8, 4) is 0 Å². The molecule has 1 N–H and O–H groups in total. The van der Waals surface area contributed by atoms with Crippen LogP contribution in [0.4, 0.5) is 4.79 Å². The van der Waals surface area contributed by atoms with Crippen LogP contribution in [0.2, 0.25) is 0 Å². The minimum Gasteiger partial charge on any atom is -0.445 e. The van der Waals surface area contributed by atoms with Crippen LogP contribution in [0.15, 0.2) is 30.3 Å². The molecule has 3 rings (SSSR count). The van der Waals surface area contributed by atoms with Gasteiger partial charge in [0.05, 0.1) is 6.10 Å². The molecule has 2 aliphatic rings. The second-order valence-corrected chi connectivity index (χ2v) is 7.60. The Morgan fingerprint density at radius 3 is 2.54 bits per heavy atom. The number of likely N-dealkylation sites (tertiary alicyclic amines) is 1. The lowest BCUT2D eigenvalue weighted by Crippen LogP contribution is -2.40. The van der Waals surface area contributed by atoms with E-state index in [0.717, 1.165) is 51.2 Å². The minimum absolute atomic E-state index is 0.198. The highest BCUT2D eigenvalue weighted by Crippen LogP contribution is 2.23. The Morgan fingerprint density at radius 2 is 1.85 bits per heavy atom. The highest BCUT2D eigenvalue weighted by molar-refractivity contribution is 5.67. The van der Waals surface area contributed by atoms with Crippen molar-refractivity contribution in [3.05, 3.63) is 35.9 Å². The summed E-state index contributed by atoms with van der Waals surface area (Å²) in [6.07, 6.45) is 4.57. The SMILES string of the molecule is CC(OCC1CCN(C(=O)OCc2ccccc2)CC1)C1CCNCC1. The Labute approximate surface area is 157 Å². The molecule has 0 aliphatic carbocycles. The average molecular weight is 360 g/mol. The van der Waals surface area contributed by atoms with Gasteiger partial charge in [-0.25, -0.2) is 4.79 Å². The summed E-state index contributed by atoms with van der Waals surface area (Å²) in [5.41, 5.74) is 1.02. The summed E-state index contributed by atoms with van der Waals surface area (Å²) in [6, 6.07) is 9.82. The number of carbonyl (C=O) groups excluding carboxylic acids is 1. The Kier molecular flexibility index (Phi) is 7.32. The number of nitrogens with one attached hydrogen (secondary N) is 1. The zero-order valence-electron chi connectivity index (χ0n) is 15.9. The van der Waals surface area contributed by atoms with Crippen LogP contribution in [-0.4, -0.2) is 49.9 Å². The zero-order valence-corrected chi connectivity index (χ0v) is 15.9. The molecule has 5 nitrogen and oxygen atoms in total. The molecule has 1 amide bonds. The Hall–Kier alpha value is -1.59. The number of ether oxygens (including phenoxy) is 2. The summed E-state index contributed by atoms with van der Waals surface area (Å²) >= 11 is 0. The molecule has 26 heavy (non-hydrogen) atoms. The van der Waals surface area contributed by atoms with Gasteiger partial charge in [0.25, 0.3) is 0 Å². The van der Waals surface area contributed by atoms with Crippen molar-refractivity contribution in [2.45, 2.75) is 45.3 Å². The molecule has 2 aliphatic heterocycles. The van der Waals surface area contributed by atoms with E-state index in [1.54, 1.807) is 0 Å². The summed E-state index contributed by atoms with van der Waals surface area (Å²) in [6.45, 7) is 7.14. The first kappa shape index (κ1) is 19.2. The Balaban J connectivity index is 1.32. The number of hydrogen-bond acceptors (Lipinski definition) is 4. The molecule has 5 heteroatoms. The van der Waals surface area contributed by atoms with Gasteiger partial charge in [0, 0.05) is 19.7 Å². The molecule has 0 radical (unpaired) electrons. The van der Waals surface area contributed by atoms with Gasteiger partial charge < -0.3 is 19.7 Å². The fourth-order valence-corrected chi connectivity index (χ4v) is 3.83. The third-order valence-corrected chi connectivity index (χ3v) is 5.72. The first-order valence-electron chi connectivity index (χ1n) is 10.0. The average Bonchev–Trinajstić information content (AvgIpc) is 2.72. The lowest BCUT2D eigenvalue weighted by Gasteiger charge is -2.33. The van der Waals surface area contributed by atoms with Crippen LogP contribution in [0.1, 0.15) is 38.2 Å². The van der Waals surface area contributed by atoms with Crippen molar-refractivity contribution >= 4 is 6.09 Å². The molecule has 0 bridgehead atoms. The van der Waals surface area contributed by atoms with E-state index >= 15 is 0 Å². The molecule has 144 valence electrons. The monoisotopic (exact) mass is 360 g/mol. The summed E-state index contributed by atoms with van der Waals surface area (Å²) in [5.74, 6) is 1.24. The van der Waals surface area contributed by atoms with Crippen molar-refractivity contribution in [2.75, 3.05) is 32.8 Å². The van der Waals surface area contributed by atoms with Gasteiger partial charge >= 0.3 is 6.09 Å². The van der Waals surface area contributed by atoms with Crippen molar-refractivity contribution in [2.24, 2.45) is 11.8 Å². The summed E-state index contributed by atoms with van der Waals surface area (Å²) in [4.78, 5) is 14.0. The summed E-state index contributed by atoms with van der Waals surface area (Å²) in [5, 5.41) is 3.41. The number of hydrogen-bond donors (Lipinski definition) is 1. The van der Waals surface area contributed by atoms with E-state index in [1.807, 2.05) is 35.2 Å². The number of benzene rings is 1. The van der Waals surface area contributed by atoms with Crippen molar-refractivity contribution < 1.29 is 14.3 Å². The Bertz CT molecular complexity index is 537. The van der Waals surface area contributed by atoms with E-state index < -0.39 is 0 Å². The minimum atomic E-state index is -0.198. The fraction of sp³-hybridized carbons (Fsp3) is 0.667. The maximum absolute atomic E-state index is 12.2. The predicted octanol–water partition coefficient (Wildman–Crippen LogP) is 3.44. The second-order valence-electron chi connectivity index (χ2n) is 7.60. The van der Waals surface area contributed by atoms with Crippen LogP contribution in [0.5, 0.6) is 0 Å². The quantitative estimate of drug-likeness (QED) is 0.844. The van der Waals surface area contributed by atoms with Gasteiger partial charge in [-0.15, -0.1) is 0 Å². The highest BCUT2D eigenvalue weighted by atomic mass is 16.6. The third-order valence-electron chi connectivity index (χ3n) is 5.72. The van der Waals surface area contributed by atoms with Gasteiger partial charge in [0.1, 0.15) is 6.61 Å². The van der Waals surface area contributed by atoms with Gasteiger partial charge in [0.2, 0.25) is 0 Å². The van der Waals surface area contributed by atoms with Gasteiger partial charge in [-0.05, 0) is 63.1 Å². The van der Waals surface area contributed by atoms with Gasteiger partial charge in [-0.1, -0.05) is 30.3 Å². The number of rotatable bonds is 6. The molecule has 2 saturated heterocycles. The predicted molar refractivity (Wildman–Crippen MR) is 102 cm³/mol. The molecule has 0 saturated carbocycles. The third kappa shape index (κ3) is 5.71. The standard InChI is InChI=1S/C21H32N2O3/c1-17(20-7-11-22-12-8-20)25-15-19-9-13-23(14-10-19)21(24)26-16-18-5-3-2-4-6-18/h2-6,17,19-20,22H,7-16H2,1H3. The fourth-order valence-electron chi connectivity index (χ4n) is 3.83. The summed E-state index contributed by atoms with van der Waals surface area (Å²) < 4.78 is 11.6. The maximum Gasteiger partial charge on any atom is 0.410 e. The molecular formula is C21H32N2O3. The number of carbonyl (C=O) groups is 1. The molecule has 0 spiro atoms. The number of amides is 1. The van der Waals surface area contributed by atoms with E-state index in [9.17, 15) is 4.79 Å². The number of piperidine rings is 2. The number of nitrogens with zero attached hydrogens (tertiary/aromatic N) is 1. The van der Waals surface area contributed by atoms with E-state index in [0.29, 0.717) is 24.5 Å². The first-order valence-corrected chi connectivity index (χ1v) is 10.0. The molecule has 0 aromatic heterocycles.